The van der Waals surface area contributed by atoms with Crippen LogP contribution in [-0.4, -0.2) is 45.2 Å². The summed E-state index contributed by atoms with van der Waals surface area (Å²) in [5, 5.41) is 0. The molecule has 0 fully saturated rings. The molecule has 178 valence electrons. The lowest BCUT2D eigenvalue weighted by Crippen LogP contribution is -2.41. The van der Waals surface area contributed by atoms with Gasteiger partial charge < -0.3 is 24.7 Å². The zero-order valence-electron chi connectivity index (χ0n) is 19.1. The van der Waals surface area contributed by atoms with Gasteiger partial charge in [0.15, 0.2) is 29.6 Å². The summed E-state index contributed by atoms with van der Waals surface area (Å²) >= 11 is 0. The van der Waals surface area contributed by atoms with Gasteiger partial charge in [-0.15, -0.1) is 0 Å². The van der Waals surface area contributed by atoms with E-state index in [-0.39, 0.29) is 29.2 Å². The minimum Gasteiger partial charge on any atom is -0.493 e. The third-order valence-electron chi connectivity index (χ3n) is 4.46. The molecule has 33 heavy (non-hydrogen) atoms. The summed E-state index contributed by atoms with van der Waals surface area (Å²) in [7, 11) is 2.87. The van der Waals surface area contributed by atoms with Crippen LogP contribution in [0.1, 0.15) is 41.0 Å². The lowest BCUT2D eigenvalue weighted by atomic mass is 10.1. The van der Waals surface area contributed by atoms with Gasteiger partial charge in [-0.25, -0.2) is 0 Å². The average Bonchev–Trinajstić information content (AvgIpc) is 2.80. The Balaban J connectivity index is 2.00. The van der Waals surface area contributed by atoms with Crippen LogP contribution >= 0.6 is 0 Å². The SMILES string of the molecule is COc1cc(C(=O)NNC(=O)c2ccc(OCC(N)=O)c(OC)c2)ccc1OCCC(C)C. The highest BCUT2D eigenvalue weighted by Gasteiger charge is 2.15. The molecule has 0 saturated heterocycles. The highest BCUT2D eigenvalue weighted by atomic mass is 16.5. The van der Waals surface area contributed by atoms with Crippen molar-refractivity contribution in [2.75, 3.05) is 27.4 Å². The maximum atomic E-state index is 12.5. The molecule has 0 aliphatic carbocycles. The smallest absolute Gasteiger partial charge is 0.269 e. The van der Waals surface area contributed by atoms with Gasteiger partial charge >= 0.3 is 0 Å². The van der Waals surface area contributed by atoms with Crippen LogP contribution in [0.3, 0.4) is 0 Å². The van der Waals surface area contributed by atoms with Gasteiger partial charge in [0.25, 0.3) is 17.7 Å². The van der Waals surface area contributed by atoms with Crippen LogP contribution in [0.5, 0.6) is 23.0 Å². The standard InChI is InChI=1S/C23H29N3O7/c1-14(2)9-10-32-17-7-5-15(11-19(17)30-3)22(28)25-26-23(29)16-6-8-18(20(12-16)31-4)33-13-21(24)27/h5-8,11-12,14H,9-10,13H2,1-4H3,(H2,24,27)(H,25,28)(H,26,29). The molecule has 10 nitrogen and oxygen atoms in total. The summed E-state index contributed by atoms with van der Waals surface area (Å²) in [4.78, 5) is 35.8. The monoisotopic (exact) mass is 459 g/mol. The van der Waals surface area contributed by atoms with Crippen molar-refractivity contribution in [1.82, 2.24) is 10.9 Å². The highest BCUT2D eigenvalue weighted by Crippen LogP contribution is 2.29. The molecule has 2 aromatic carbocycles. The summed E-state index contributed by atoms with van der Waals surface area (Å²) in [5.74, 6) is 0.163. The molecule has 3 amide bonds. The summed E-state index contributed by atoms with van der Waals surface area (Å²) in [6, 6.07) is 9.06. The Kier molecular flexibility index (Phi) is 9.34. The second kappa shape index (κ2) is 12.2. The normalized spacial score (nSPS) is 10.3. The first-order valence-electron chi connectivity index (χ1n) is 10.3. The van der Waals surface area contributed by atoms with Gasteiger partial charge in [-0.2, -0.15) is 0 Å². The van der Waals surface area contributed by atoms with E-state index in [0.717, 1.165) is 6.42 Å². The van der Waals surface area contributed by atoms with E-state index in [9.17, 15) is 14.4 Å². The van der Waals surface area contributed by atoms with Crippen molar-refractivity contribution in [3.8, 4) is 23.0 Å². The molecule has 0 aliphatic heterocycles. The Morgan fingerprint density at radius 3 is 1.73 bits per heavy atom. The summed E-state index contributed by atoms with van der Waals surface area (Å²) in [6.45, 7) is 4.41. The van der Waals surface area contributed by atoms with Crippen LogP contribution in [0.25, 0.3) is 0 Å². The number of hydrogen-bond acceptors (Lipinski definition) is 7. The molecule has 0 bridgehead atoms. The number of primary amides is 1. The van der Waals surface area contributed by atoms with Crippen LogP contribution in [0, 0.1) is 5.92 Å². The second-order valence-electron chi connectivity index (χ2n) is 7.43. The second-order valence-corrected chi connectivity index (χ2v) is 7.43. The van der Waals surface area contributed by atoms with Gasteiger partial charge in [0.1, 0.15) is 0 Å². The Bertz CT molecular complexity index is 992. The molecule has 2 aromatic rings. The van der Waals surface area contributed by atoms with Crippen LogP contribution < -0.4 is 35.5 Å². The first kappa shape index (κ1) is 25.3. The lowest BCUT2D eigenvalue weighted by molar-refractivity contribution is -0.119. The Morgan fingerprint density at radius 1 is 0.818 bits per heavy atom. The molecule has 0 saturated carbocycles. The number of carbonyl (C=O) groups excluding carboxylic acids is 3. The number of hydrazine groups is 1. The largest absolute Gasteiger partial charge is 0.493 e. The lowest BCUT2D eigenvalue weighted by Gasteiger charge is -2.14. The topological polar surface area (TPSA) is 138 Å². The van der Waals surface area contributed by atoms with Gasteiger partial charge in [-0.1, -0.05) is 13.8 Å². The molecular weight excluding hydrogens is 430 g/mol. The number of rotatable bonds is 11. The van der Waals surface area contributed by atoms with Gasteiger partial charge in [0.2, 0.25) is 0 Å². The molecule has 0 heterocycles. The zero-order chi connectivity index (χ0) is 24.4. The van der Waals surface area contributed by atoms with E-state index in [1.807, 2.05) is 0 Å². The molecule has 0 unspecified atom stereocenters. The summed E-state index contributed by atoms with van der Waals surface area (Å²) in [5.41, 5.74) is 10.2. The third kappa shape index (κ3) is 7.60. The number of nitrogens with two attached hydrogens (primary N) is 1. The van der Waals surface area contributed by atoms with E-state index in [2.05, 4.69) is 24.7 Å². The zero-order valence-corrected chi connectivity index (χ0v) is 19.1. The maximum absolute atomic E-state index is 12.5. The van der Waals surface area contributed by atoms with E-state index < -0.39 is 17.7 Å². The molecule has 10 heteroatoms. The van der Waals surface area contributed by atoms with Crippen molar-refractivity contribution in [3.05, 3.63) is 47.5 Å². The van der Waals surface area contributed by atoms with Crippen molar-refractivity contribution in [3.63, 3.8) is 0 Å². The Morgan fingerprint density at radius 2 is 1.30 bits per heavy atom. The van der Waals surface area contributed by atoms with Crippen LogP contribution in [0.2, 0.25) is 0 Å². The predicted molar refractivity (Wildman–Crippen MR) is 121 cm³/mol. The molecule has 0 spiro atoms. The fourth-order valence-electron chi connectivity index (χ4n) is 2.67. The van der Waals surface area contributed by atoms with Crippen LogP contribution in [0.15, 0.2) is 36.4 Å². The molecular formula is C23H29N3O7. The molecule has 0 aromatic heterocycles. The number of amides is 3. The Hall–Kier alpha value is -3.95. The van der Waals surface area contributed by atoms with Crippen LogP contribution in [0.4, 0.5) is 0 Å². The van der Waals surface area contributed by atoms with E-state index in [0.29, 0.717) is 24.0 Å². The number of carbonyl (C=O) groups is 3. The van der Waals surface area contributed by atoms with E-state index >= 15 is 0 Å². The van der Waals surface area contributed by atoms with Gasteiger partial charge in [0, 0.05) is 11.1 Å². The van der Waals surface area contributed by atoms with E-state index in [1.54, 1.807) is 12.1 Å². The molecule has 0 aliphatic rings. The molecule has 2 rings (SSSR count). The van der Waals surface area contributed by atoms with Gasteiger partial charge in [-0.05, 0) is 48.7 Å². The van der Waals surface area contributed by atoms with Crippen molar-refractivity contribution in [2.24, 2.45) is 11.7 Å². The number of methoxy groups -OCH3 is 2. The quantitative estimate of drug-likeness (QED) is 0.437. The van der Waals surface area contributed by atoms with Crippen molar-refractivity contribution in [2.45, 2.75) is 20.3 Å². The number of hydrogen-bond donors (Lipinski definition) is 3. The number of nitrogens with one attached hydrogen (secondary N) is 2. The maximum Gasteiger partial charge on any atom is 0.269 e. The first-order valence-corrected chi connectivity index (χ1v) is 10.3. The fraction of sp³-hybridized carbons (Fsp3) is 0.348. The number of benzene rings is 2. The van der Waals surface area contributed by atoms with Gasteiger partial charge in [-0.3, -0.25) is 25.2 Å². The highest BCUT2D eigenvalue weighted by molar-refractivity contribution is 5.99. The van der Waals surface area contributed by atoms with Crippen LogP contribution in [-0.2, 0) is 4.79 Å². The molecule has 4 N–H and O–H groups in total. The Labute approximate surface area is 192 Å². The number of ether oxygens (including phenoxy) is 4. The minimum absolute atomic E-state index is 0.199. The van der Waals surface area contributed by atoms with E-state index in [1.165, 1.54) is 38.5 Å². The minimum atomic E-state index is -0.645. The van der Waals surface area contributed by atoms with Crippen molar-refractivity contribution < 1.29 is 33.3 Å². The van der Waals surface area contributed by atoms with Gasteiger partial charge in [0.05, 0.1) is 20.8 Å². The van der Waals surface area contributed by atoms with Crippen molar-refractivity contribution >= 4 is 17.7 Å². The predicted octanol–water partition coefficient (Wildman–Crippen LogP) is 2.07. The third-order valence-corrected chi connectivity index (χ3v) is 4.46. The van der Waals surface area contributed by atoms with Crippen molar-refractivity contribution in [1.29, 1.82) is 0 Å². The molecule has 0 atom stereocenters. The van der Waals surface area contributed by atoms with E-state index in [4.69, 9.17) is 24.7 Å². The molecule has 0 radical (unpaired) electrons. The average molecular weight is 459 g/mol. The summed E-state index contributed by atoms with van der Waals surface area (Å²) in [6.07, 6.45) is 0.889. The fourth-order valence-corrected chi connectivity index (χ4v) is 2.67. The summed E-state index contributed by atoms with van der Waals surface area (Å²) < 4.78 is 21.4. The first-order chi connectivity index (χ1) is 15.7.